The molecule has 1 aromatic rings. The molecule has 7 nitrogen and oxygen atoms in total. The number of aliphatic carboxylic acids is 1. The van der Waals surface area contributed by atoms with Crippen LogP contribution in [0.25, 0.3) is 0 Å². The van der Waals surface area contributed by atoms with Crippen molar-refractivity contribution < 1.29 is 24.0 Å². The number of carbonyl (C=O) groups is 1. The van der Waals surface area contributed by atoms with Crippen molar-refractivity contribution in [2.24, 2.45) is 0 Å². The molecule has 0 radical (unpaired) electrons. The predicted octanol–water partition coefficient (Wildman–Crippen LogP) is 1.57. The number of nitrogens with zero attached hydrogens (tertiary/aromatic N) is 1. The molecule has 0 saturated carbocycles. The molecule has 1 atom stereocenters. The molecule has 1 unspecified atom stereocenters. The van der Waals surface area contributed by atoms with Crippen LogP contribution in [-0.4, -0.2) is 35.2 Å². The minimum atomic E-state index is -1.20. The van der Waals surface area contributed by atoms with Crippen molar-refractivity contribution >= 4 is 11.7 Å². The summed E-state index contributed by atoms with van der Waals surface area (Å²) in [6.07, 6.45) is 0.0906. The number of likely N-dealkylation sites (N-methyl/N-ethyl adjacent to an activating group) is 1. The lowest BCUT2D eigenvalue weighted by atomic mass is 9.99. The smallest absolute Gasteiger partial charge is 0.323 e. The minimum absolute atomic E-state index is 0.0594. The van der Waals surface area contributed by atoms with Crippen molar-refractivity contribution in [3.05, 3.63) is 34.1 Å². The van der Waals surface area contributed by atoms with Gasteiger partial charge in [-0.05, 0) is 26.1 Å². The molecule has 0 spiro atoms. The van der Waals surface area contributed by atoms with Gasteiger partial charge in [0.1, 0.15) is 11.4 Å². The number of carboxylic acids is 1. The Morgan fingerprint density at radius 1 is 1.60 bits per heavy atom. The molecule has 0 aliphatic rings. The Bertz CT molecular complexity index is 523. The van der Waals surface area contributed by atoms with E-state index >= 15 is 0 Å². The van der Waals surface area contributed by atoms with Gasteiger partial charge in [-0.1, -0.05) is 0 Å². The summed E-state index contributed by atoms with van der Waals surface area (Å²) in [7, 11) is 1.49. The summed E-state index contributed by atoms with van der Waals surface area (Å²) in [5.74, 6) is -1.90. The number of hydrogen-bond donors (Lipinski definition) is 2. The molecular weight excluding hydrogens is 271 g/mol. The van der Waals surface area contributed by atoms with E-state index in [0.29, 0.717) is 0 Å². The highest BCUT2D eigenvalue weighted by atomic mass is 19.1. The number of hydrogen-bond acceptors (Lipinski definition) is 5. The van der Waals surface area contributed by atoms with E-state index in [0.717, 1.165) is 18.2 Å². The van der Waals surface area contributed by atoms with Crippen LogP contribution in [-0.2, 0) is 4.79 Å². The lowest BCUT2D eigenvalue weighted by Crippen LogP contribution is -2.48. The molecule has 0 fully saturated rings. The van der Waals surface area contributed by atoms with Crippen LogP contribution in [0, 0.1) is 15.9 Å². The third-order valence-electron chi connectivity index (χ3n) is 3.00. The van der Waals surface area contributed by atoms with Crippen molar-refractivity contribution in [1.82, 2.24) is 5.32 Å². The number of halogens is 1. The molecule has 0 aliphatic heterocycles. The average Bonchev–Trinajstić information content (AvgIpc) is 2.39. The van der Waals surface area contributed by atoms with E-state index in [1.807, 2.05) is 0 Å². The third-order valence-corrected chi connectivity index (χ3v) is 3.00. The van der Waals surface area contributed by atoms with E-state index < -0.39 is 27.9 Å². The molecule has 8 heteroatoms. The molecule has 0 amide bonds. The zero-order chi connectivity index (χ0) is 15.3. The molecule has 0 aliphatic carbocycles. The van der Waals surface area contributed by atoms with Gasteiger partial charge in [-0.25, -0.2) is 4.39 Å². The second kappa shape index (κ2) is 6.29. The Kier molecular flexibility index (Phi) is 4.98. The number of ether oxygens (including phenoxy) is 1. The summed E-state index contributed by atoms with van der Waals surface area (Å²) >= 11 is 0. The van der Waals surface area contributed by atoms with E-state index in [4.69, 9.17) is 9.84 Å². The van der Waals surface area contributed by atoms with Gasteiger partial charge in [0.25, 0.3) is 0 Å². The molecule has 0 saturated heterocycles. The molecule has 1 aromatic carbocycles. The van der Waals surface area contributed by atoms with E-state index in [1.165, 1.54) is 14.0 Å². The summed E-state index contributed by atoms with van der Waals surface area (Å²) in [5.41, 5.74) is -1.69. The molecule has 1 rings (SSSR count). The summed E-state index contributed by atoms with van der Waals surface area (Å²) in [6, 6.07) is 2.94. The number of nitro benzene ring substituents is 1. The fourth-order valence-corrected chi connectivity index (χ4v) is 1.46. The van der Waals surface area contributed by atoms with Gasteiger partial charge in [-0.3, -0.25) is 14.9 Å². The van der Waals surface area contributed by atoms with Gasteiger partial charge >= 0.3 is 11.7 Å². The SMILES string of the molecule is CNC(C)(CCOc1ccc(F)cc1[N+](=O)[O-])C(=O)O. The van der Waals surface area contributed by atoms with Crippen LogP contribution >= 0.6 is 0 Å². The second-order valence-corrected chi connectivity index (χ2v) is 4.35. The predicted molar refractivity (Wildman–Crippen MR) is 68.3 cm³/mol. The van der Waals surface area contributed by atoms with Gasteiger partial charge in [0.2, 0.25) is 0 Å². The fourth-order valence-electron chi connectivity index (χ4n) is 1.46. The van der Waals surface area contributed by atoms with Gasteiger partial charge in [-0.2, -0.15) is 0 Å². The monoisotopic (exact) mass is 286 g/mol. The summed E-state index contributed by atoms with van der Waals surface area (Å²) in [4.78, 5) is 21.0. The number of rotatable bonds is 7. The Hall–Kier alpha value is -2.22. The van der Waals surface area contributed by atoms with Gasteiger partial charge in [0.05, 0.1) is 17.6 Å². The van der Waals surface area contributed by atoms with Crippen LogP contribution in [0.2, 0.25) is 0 Å². The number of benzene rings is 1. The van der Waals surface area contributed by atoms with Crippen molar-refractivity contribution in [3.8, 4) is 5.75 Å². The number of carboxylic acid groups (broad SMARTS) is 1. The standard InChI is InChI=1S/C12H15FN2O5/c1-12(14-2,11(16)17)5-6-20-10-4-3-8(13)7-9(10)15(18)19/h3-4,7,14H,5-6H2,1-2H3,(H,16,17). The highest BCUT2D eigenvalue weighted by Gasteiger charge is 2.31. The summed E-state index contributed by atoms with van der Waals surface area (Å²) in [5, 5.41) is 22.4. The molecular formula is C12H15FN2O5. The van der Waals surface area contributed by atoms with E-state index in [-0.39, 0.29) is 18.8 Å². The van der Waals surface area contributed by atoms with Crippen molar-refractivity contribution in [1.29, 1.82) is 0 Å². The van der Waals surface area contributed by atoms with Gasteiger partial charge in [-0.15, -0.1) is 0 Å². The average molecular weight is 286 g/mol. The van der Waals surface area contributed by atoms with E-state index in [1.54, 1.807) is 0 Å². The first-order valence-corrected chi connectivity index (χ1v) is 5.79. The summed E-state index contributed by atoms with van der Waals surface area (Å²) in [6.45, 7) is 1.41. The highest BCUT2D eigenvalue weighted by molar-refractivity contribution is 5.78. The Morgan fingerprint density at radius 3 is 2.75 bits per heavy atom. The number of nitrogens with one attached hydrogen (secondary N) is 1. The molecule has 2 N–H and O–H groups in total. The van der Waals surface area contributed by atoms with E-state index in [9.17, 15) is 19.3 Å². The zero-order valence-electron chi connectivity index (χ0n) is 11.1. The van der Waals surface area contributed by atoms with Crippen LogP contribution in [0.15, 0.2) is 18.2 Å². The first-order valence-electron chi connectivity index (χ1n) is 5.79. The van der Waals surface area contributed by atoms with E-state index in [2.05, 4.69) is 5.32 Å². The maximum Gasteiger partial charge on any atom is 0.323 e. The molecule has 0 heterocycles. The van der Waals surface area contributed by atoms with Crippen LogP contribution in [0.5, 0.6) is 5.75 Å². The van der Waals surface area contributed by atoms with Crippen LogP contribution in [0.1, 0.15) is 13.3 Å². The first kappa shape index (κ1) is 15.8. The maximum atomic E-state index is 12.9. The molecule has 0 aromatic heterocycles. The molecule has 110 valence electrons. The highest BCUT2D eigenvalue weighted by Crippen LogP contribution is 2.27. The molecule has 20 heavy (non-hydrogen) atoms. The quantitative estimate of drug-likeness (QED) is 0.582. The zero-order valence-corrected chi connectivity index (χ0v) is 11.1. The molecule has 0 bridgehead atoms. The first-order chi connectivity index (χ1) is 9.30. The lowest BCUT2D eigenvalue weighted by molar-refractivity contribution is -0.386. The second-order valence-electron chi connectivity index (χ2n) is 4.35. The third kappa shape index (κ3) is 3.64. The minimum Gasteiger partial charge on any atom is -0.487 e. The Morgan fingerprint density at radius 2 is 2.25 bits per heavy atom. The van der Waals surface area contributed by atoms with Crippen molar-refractivity contribution in [2.75, 3.05) is 13.7 Å². The fraction of sp³-hybridized carbons (Fsp3) is 0.417. The lowest BCUT2D eigenvalue weighted by Gasteiger charge is -2.23. The van der Waals surface area contributed by atoms with Crippen molar-refractivity contribution in [2.45, 2.75) is 18.9 Å². The van der Waals surface area contributed by atoms with Gasteiger partial charge < -0.3 is 15.2 Å². The van der Waals surface area contributed by atoms with Crippen LogP contribution < -0.4 is 10.1 Å². The van der Waals surface area contributed by atoms with Crippen LogP contribution in [0.4, 0.5) is 10.1 Å². The largest absolute Gasteiger partial charge is 0.487 e. The summed E-state index contributed by atoms with van der Waals surface area (Å²) < 4.78 is 18.1. The Balaban J connectivity index is 2.76. The van der Waals surface area contributed by atoms with Crippen molar-refractivity contribution in [3.63, 3.8) is 0 Å². The topological polar surface area (TPSA) is 102 Å². The number of nitro groups is 1. The van der Waals surface area contributed by atoms with Crippen LogP contribution in [0.3, 0.4) is 0 Å². The normalized spacial score (nSPS) is 13.6. The maximum absolute atomic E-state index is 12.9. The Labute approximate surface area is 114 Å². The van der Waals surface area contributed by atoms with Gasteiger partial charge in [0.15, 0.2) is 5.75 Å². The van der Waals surface area contributed by atoms with Gasteiger partial charge in [0, 0.05) is 6.42 Å².